The molecule has 0 atom stereocenters. The standard InChI is InChI=1S/C17H16ClN3O3/c1-10(22)20-13-5-3-4-11(8-13)17(24)21-15-9-12(16(23)19-2)6-7-14(15)18/h3-9H,1-2H3,(H,19,23)(H,20,22)(H,21,24). The van der Waals surface area contributed by atoms with Crippen LogP contribution in [0.15, 0.2) is 42.5 Å². The highest BCUT2D eigenvalue weighted by Crippen LogP contribution is 2.24. The number of anilines is 2. The minimum atomic E-state index is -0.404. The average Bonchev–Trinajstić information content (AvgIpc) is 2.55. The fraction of sp³-hybridized carbons (Fsp3) is 0.118. The molecule has 6 nitrogen and oxygen atoms in total. The zero-order valence-electron chi connectivity index (χ0n) is 13.1. The summed E-state index contributed by atoms with van der Waals surface area (Å²) in [6.45, 7) is 1.39. The van der Waals surface area contributed by atoms with Gasteiger partial charge in [0.2, 0.25) is 5.91 Å². The Kier molecular flexibility index (Phi) is 5.55. The Balaban J connectivity index is 2.23. The van der Waals surface area contributed by atoms with Crippen LogP contribution in [0.1, 0.15) is 27.6 Å². The van der Waals surface area contributed by atoms with Crippen LogP contribution in [0.25, 0.3) is 0 Å². The molecule has 124 valence electrons. The molecule has 0 saturated carbocycles. The van der Waals surface area contributed by atoms with E-state index in [9.17, 15) is 14.4 Å². The molecule has 0 saturated heterocycles. The lowest BCUT2D eigenvalue weighted by Gasteiger charge is -2.10. The summed E-state index contributed by atoms with van der Waals surface area (Å²) >= 11 is 6.07. The fourth-order valence-corrected chi connectivity index (χ4v) is 2.21. The third-order valence-corrected chi connectivity index (χ3v) is 3.48. The smallest absolute Gasteiger partial charge is 0.255 e. The van der Waals surface area contributed by atoms with E-state index in [4.69, 9.17) is 11.6 Å². The zero-order chi connectivity index (χ0) is 17.7. The summed E-state index contributed by atoms with van der Waals surface area (Å²) in [6, 6.07) is 11.1. The van der Waals surface area contributed by atoms with Crippen molar-refractivity contribution in [2.45, 2.75) is 6.92 Å². The predicted octanol–water partition coefficient (Wildman–Crippen LogP) is 2.91. The van der Waals surface area contributed by atoms with Gasteiger partial charge in [0.05, 0.1) is 10.7 Å². The summed E-state index contributed by atoms with van der Waals surface area (Å²) in [5.74, 6) is -0.915. The highest BCUT2D eigenvalue weighted by atomic mass is 35.5. The third kappa shape index (κ3) is 4.33. The van der Waals surface area contributed by atoms with Gasteiger partial charge < -0.3 is 16.0 Å². The predicted molar refractivity (Wildman–Crippen MR) is 93.5 cm³/mol. The van der Waals surface area contributed by atoms with E-state index < -0.39 is 5.91 Å². The van der Waals surface area contributed by atoms with E-state index >= 15 is 0 Å². The van der Waals surface area contributed by atoms with Crippen molar-refractivity contribution in [3.8, 4) is 0 Å². The molecule has 2 aromatic rings. The van der Waals surface area contributed by atoms with E-state index in [2.05, 4.69) is 16.0 Å². The molecule has 24 heavy (non-hydrogen) atoms. The Morgan fingerprint density at radius 1 is 0.917 bits per heavy atom. The molecule has 0 aromatic heterocycles. The van der Waals surface area contributed by atoms with Crippen molar-refractivity contribution >= 4 is 40.7 Å². The molecule has 7 heteroatoms. The van der Waals surface area contributed by atoms with E-state index in [-0.39, 0.29) is 11.8 Å². The number of carbonyl (C=O) groups excluding carboxylic acids is 3. The Bertz CT molecular complexity index is 805. The van der Waals surface area contributed by atoms with Crippen molar-refractivity contribution in [3.63, 3.8) is 0 Å². The lowest BCUT2D eigenvalue weighted by molar-refractivity contribution is -0.114. The van der Waals surface area contributed by atoms with Crippen LogP contribution in [0.5, 0.6) is 0 Å². The van der Waals surface area contributed by atoms with Crippen LogP contribution < -0.4 is 16.0 Å². The van der Waals surface area contributed by atoms with Crippen LogP contribution in [0.2, 0.25) is 5.02 Å². The molecule has 0 fully saturated rings. The number of hydrogen-bond donors (Lipinski definition) is 3. The van der Waals surface area contributed by atoms with Crippen molar-refractivity contribution < 1.29 is 14.4 Å². The molecule has 0 radical (unpaired) electrons. The maximum absolute atomic E-state index is 12.4. The third-order valence-electron chi connectivity index (χ3n) is 3.15. The Morgan fingerprint density at radius 3 is 2.29 bits per heavy atom. The van der Waals surface area contributed by atoms with Gasteiger partial charge in [-0.1, -0.05) is 17.7 Å². The first-order chi connectivity index (χ1) is 11.4. The molecule has 0 aliphatic rings. The lowest BCUT2D eigenvalue weighted by atomic mass is 10.1. The number of halogens is 1. The maximum Gasteiger partial charge on any atom is 0.255 e. The van der Waals surface area contributed by atoms with Crippen molar-refractivity contribution in [1.29, 1.82) is 0 Å². The summed E-state index contributed by atoms with van der Waals surface area (Å²) in [5.41, 5.74) is 1.57. The molecule has 2 aromatic carbocycles. The number of carbonyl (C=O) groups is 3. The summed E-state index contributed by atoms with van der Waals surface area (Å²) in [7, 11) is 1.52. The molecule has 0 heterocycles. The molecular weight excluding hydrogens is 330 g/mol. The lowest BCUT2D eigenvalue weighted by Crippen LogP contribution is -2.18. The van der Waals surface area contributed by atoms with Gasteiger partial charge in [-0.15, -0.1) is 0 Å². The van der Waals surface area contributed by atoms with Gasteiger partial charge in [-0.2, -0.15) is 0 Å². The first kappa shape index (κ1) is 17.5. The van der Waals surface area contributed by atoms with Gasteiger partial charge in [-0.25, -0.2) is 0 Å². The van der Waals surface area contributed by atoms with E-state index in [1.165, 1.54) is 26.1 Å². The SMILES string of the molecule is CNC(=O)c1ccc(Cl)c(NC(=O)c2cccc(NC(C)=O)c2)c1. The second kappa shape index (κ2) is 7.61. The number of rotatable bonds is 4. The second-order valence-electron chi connectivity index (χ2n) is 4.99. The monoisotopic (exact) mass is 345 g/mol. The molecule has 0 unspecified atom stereocenters. The van der Waals surface area contributed by atoms with E-state index in [0.29, 0.717) is 27.5 Å². The fourth-order valence-electron chi connectivity index (χ4n) is 2.04. The average molecular weight is 346 g/mol. The van der Waals surface area contributed by atoms with Crippen molar-refractivity contribution in [3.05, 3.63) is 58.6 Å². The molecule has 0 spiro atoms. The van der Waals surface area contributed by atoms with Gasteiger partial charge in [0, 0.05) is 30.8 Å². The normalized spacial score (nSPS) is 9.96. The van der Waals surface area contributed by atoms with Crippen LogP contribution in [0, 0.1) is 0 Å². The molecular formula is C17H16ClN3O3. The highest BCUT2D eigenvalue weighted by molar-refractivity contribution is 6.34. The van der Waals surface area contributed by atoms with Gasteiger partial charge in [-0.3, -0.25) is 14.4 Å². The van der Waals surface area contributed by atoms with Crippen molar-refractivity contribution in [2.75, 3.05) is 17.7 Å². The minimum Gasteiger partial charge on any atom is -0.355 e. The van der Waals surface area contributed by atoms with Crippen molar-refractivity contribution in [2.24, 2.45) is 0 Å². The molecule has 3 amide bonds. The highest BCUT2D eigenvalue weighted by Gasteiger charge is 2.12. The van der Waals surface area contributed by atoms with Gasteiger partial charge >= 0.3 is 0 Å². The number of benzene rings is 2. The van der Waals surface area contributed by atoms with Gasteiger partial charge in [0.15, 0.2) is 0 Å². The summed E-state index contributed by atoms with van der Waals surface area (Å²) in [6.07, 6.45) is 0. The first-order valence-corrected chi connectivity index (χ1v) is 7.49. The molecule has 0 aliphatic carbocycles. The van der Waals surface area contributed by atoms with Crippen molar-refractivity contribution in [1.82, 2.24) is 5.32 Å². The van der Waals surface area contributed by atoms with E-state index in [1.807, 2.05) is 0 Å². The summed E-state index contributed by atoms with van der Waals surface area (Å²) in [4.78, 5) is 35.1. The van der Waals surface area contributed by atoms with E-state index in [0.717, 1.165) is 0 Å². The van der Waals surface area contributed by atoms with Crippen LogP contribution in [0.4, 0.5) is 11.4 Å². The molecule has 3 N–H and O–H groups in total. The molecule has 0 aliphatic heterocycles. The largest absolute Gasteiger partial charge is 0.355 e. The van der Waals surface area contributed by atoms with Crippen LogP contribution in [-0.4, -0.2) is 24.8 Å². The second-order valence-corrected chi connectivity index (χ2v) is 5.40. The van der Waals surface area contributed by atoms with Crippen LogP contribution in [-0.2, 0) is 4.79 Å². The maximum atomic E-state index is 12.4. The van der Waals surface area contributed by atoms with E-state index in [1.54, 1.807) is 30.3 Å². The van der Waals surface area contributed by atoms with Crippen LogP contribution in [0.3, 0.4) is 0 Å². The number of nitrogens with one attached hydrogen (secondary N) is 3. The Labute approximate surface area is 144 Å². The topological polar surface area (TPSA) is 87.3 Å². The molecule has 2 rings (SSSR count). The van der Waals surface area contributed by atoms with Crippen LogP contribution >= 0.6 is 11.6 Å². The van der Waals surface area contributed by atoms with Gasteiger partial charge in [0.25, 0.3) is 11.8 Å². The number of amides is 3. The minimum absolute atomic E-state index is 0.228. The van der Waals surface area contributed by atoms with Gasteiger partial charge in [-0.05, 0) is 36.4 Å². The summed E-state index contributed by atoms with van der Waals surface area (Å²) < 4.78 is 0. The Morgan fingerprint density at radius 2 is 1.62 bits per heavy atom. The van der Waals surface area contributed by atoms with Gasteiger partial charge in [0.1, 0.15) is 0 Å². The number of hydrogen-bond acceptors (Lipinski definition) is 3. The summed E-state index contributed by atoms with van der Waals surface area (Å²) in [5, 5.41) is 8.09. The zero-order valence-corrected chi connectivity index (χ0v) is 13.9. The molecule has 0 bridgehead atoms. The first-order valence-electron chi connectivity index (χ1n) is 7.11. The quantitative estimate of drug-likeness (QED) is 0.796. The Hall–Kier alpha value is -2.86.